The second-order valence-corrected chi connectivity index (χ2v) is 6.75. The second kappa shape index (κ2) is 7.85. The number of hydrogen-bond acceptors (Lipinski definition) is 7. The van der Waals surface area contributed by atoms with Crippen molar-refractivity contribution in [2.45, 2.75) is 13.0 Å². The molecule has 2 aromatic heterocycles. The molecule has 2 amide bonds. The van der Waals surface area contributed by atoms with Gasteiger partial charge in [-0.2, -0.15) is 4.80 Å². The smallest absolute Gasteiger partial charge is 0.414 e. The number of hydrogen-bond donors (Lipinski definition) is 1. The van der Waals surface area contributed by atoms with E-state index in [1.807, 2.05) is 0 Å². The number of carbonyl (C=O) groups is 2. The molecule has 0 spiro atoms. The quantitative estimate of drug-likeness (QED) is 0.677. The van der Waals surface area contributed by atoms with Gasteiger partial charge in [-0.25, -0.2) is 9.18 Å². The van der Waals surface area contributed by atoms with Gasteiger partial charge in [-0.3, -0.25) is 14.7 Å². The Balaban J connectivity index is 1.51. The van der Waals surface area contributed by atoms with E-state index >= 15 is 0 Å². The SMILES string of the molecule is CC(=O)NCC1CN(c2ccc(-c3ccc(-c4nnn(C)n4)nc3)c(F)c2)C(=O)O1. The van der Waals surface area contributed by atoms with Crippen LogP contribution in [0.4, 0.5) is 14.9 Å². The topological polar surface area (TPSA) is 115 Å². The van der Waals surface area contributed by atoms with Crippen LogP contribution in [0.1, 0.15) is 6.92 Å². The van der Waals surface area contributed by atoms with Gasteiger partial charge >= 0.3 is 6.09 Å². The number of ether oxygens (including phenoxy) is 1. The predicted octanol–water partition coefficient (Wildman–Crippen LogP) is 1.54. The number of rotatable bonds is 5. The van der Waals surface area contributed by atoms with Gasteiger partial charge in [0.25, 0.3) is 0 Å². The Morgan fingerprint density at radius 1 is 1.33 bits per heavy atom. The average molecular weight is 411 g/mol. The second-order valence-electron chi connectivity index (χ2n) is 6.75. The zero-order valence-corrected chi connectivity index (χ0v) is 16.2. The number of carbonyl (C=O) groups excluding carboxylic acids is 2. The first-order valence-electron chi connectivity index (χ1n) is 9.13. The highest BCUT2D eigenvalue weighted by molar-refractivity contribution is 5.90. The molecular weight excluding hydrogens is 393 g/mol. The number of nitrogens with zero attached hydrogens (tertiary/aromatic N) is 6. The Morgan fingerprint density at radius 3 is 2.80 bits per heavy atom. The third kappa shape index (κ3) is 3.95. The van der Waals surface area contributed by atoms with E-state index in [0.29, 0.717) is 28.3 Å². The van der Waals surface area contributed by atoms with Gasteiger partial charge in [0.05, 0.1) is 25.8 Å². The first-order chi connectivity index (χ1) is 14.4. The van der Waals surface area contributed by atoms with E-state index < -0.39 is 18.0 Å². The van der Waals surface area contributed by atoms with E-state index in [0.717, 1.165) is 0 Å². The number of tetrazole rings is 1. The number of benzene rings is 1. The number of cyclic esters (lactones) is 1. The summed E-state index contributed by atoms with van der Waals surface area (Å²) in [6.45, 7) is 1.81. The zero-order valence-electron chi connectivity index (χ0n) is 16.2. The van der Waals surface area contributed by atoms with Crippen molar-refractivity contribution in [3.8, 4) is 22.6 Å². The van der Waals surface area contributed by atoms with E-state index in [9.17, 15) is 14.0 Å². The van der Waals surface area contributed by atoms with Crippen molar-refractivity contribution in [1.29, 1.82) is 0 Å². The molecule has 1 N–H and O–H groups in total. The molecule has 10 nitrogen and oxygen atoms in total. The van der Waals surface area contributed by atoms with Crippen LogP contribution >= 0.6 is 0 Å². The summed E-state index contributed by atoms with van der Waals surface area (Å²) in [7, 11) is 1.65. The molecule has 0 aliphatic carbocycles. The standard InChI is InChI=1S/C19H18FN7O3/c1-11(28)21-9-14-10-27(19(29)30-14)13-4-5-15(16(20)7-13)12-3-6-17(22-8-12)18-23-25-26(2)24-18/h3-8,14H,9-10H2,1-2H3,(H,21,28). The molecule has 0 radical (unpaired) electrons. The lowest BCUT2D eigenvalue weighted by Gasteiger charge is -2.14. The van der Waals surface area contributed by atoms with Crippen LogP contribution in [-0.4, -0.2) is 56.4 Å². The number of pyridine rings is 1. The monoisotopic (exact) mass is 411 g/mol. The molecule has 1 saturated heterocycles. The van der Waals surface area contributed by atoms with E-state index in [2.05, 4.69) is 25.7 Å². The van der Waals surface area contributed by atoms with Gasteiger partial charge in [0.2, 0.25) is 11.7 Å². The number of nitrogens with one attached hydrogen (secondary N) is 1. The number of aromatic nitrogens is 5. The van der Waals surface area contributed by atoms with Crippen molar-refractivity contribution < 1.29 is 18.7 Å². The molecule has 11 heteroatoms. The molecule has 0 bridgehead atoms. The zero-order chi connectivity index (χ0) is 21.3. The van der Waals surface area contributed by atoms with E-state index in [4.69, 9.17) is 4.74 Å². The lowest BCUT2D eigenvalue weighted by molar-refractivity contribution is -0.119. The molecule has 30 heavy (non-hydrogen) atoms. The van der Waals surface area contributed by atoms with Gasteiger partial charge in [-0.15, -0.1) is 10.2 Å². The molecule has 1 aliphatic heterocycles. The fourth-order valence-electron chi connectivity index (χ4n) is 3.07. The number of anilines is 1. The number of amides is 2. The summed E-state index contributed by atoms with van der Waals surface area (Å²) in [6, 6.07) is 7.89. The maximum Gasteiger partial charge on any atom is 0.414 e. The number of halogens is 1. The number of aryl methyl sites for hydroxylation is 1. The Bertz CT molecular complexity index is 1100. The van der Waals surface area contributed by atoms with Crippen LogP contribution in [0.2, 0.25) is 0 Å². The molecule has 154 valence electrons. The van der Waals surface area contributed by atoms with Gasteiger partial charge in [-0.1, -0.05) is 6.07 Å². The summed E-state index contributed by atoms with van der Waals surface area (Å²) in [4.78, 5) is 30.1. The highest BCUT2D eigenvalue weighted by Gasteiger charge is 2.32. The molecule has 3 heterocycles. The minimum atomic E-state index is -0.583. The first-order valence-corrected chi connectivity index (χ1v) is 9.13. The highest BCUT2D eigenvalue weighted by atomic mass is 19.1. The molecule has 1 atom stereocenters. The van der Waals surface area contributed by atoms with Crippen molar-refractivity contribution in [3.63, 3.8) is 0 Å². The Labute approximate surface area is 170 Å². The molecule has 1 aromatic carbocycles. The lowest BCUT2D eigenvalue weighted by Crippen LogP contribution is -2.33. The summed E-state index contributed by atoms with van der Waals surface area (Å²) in [5.41, 5.74) is 1.81. The maximum absolute atomic E-state index is 14.8. The first kappa shape index (κ1) is 19.4. The van der Waals surface area contributed by atoms with Crippen molar-refractivity contribution in [2.75, 3.05) is 18.0 Å². The average Bonchev–Trinajstić information content (AvgIpc) is 3.32. The summed E-state index contributed by atoms with van der Waals surface area (Å²) in [5.74, 6) is -0.339. The minimum absolute atomic E-state index is 0.205. The van der Waals surface area contributed by atoms with Gasteiger partial charge in [0.1, 0.15) is 17.6 Å². The third-order valence-electron chi connectivity index (χ3n) is 4.53. The maximum atomic E-state index is 14.8. The minimum Gasteiger partial charge on any atom is -0.442 e. The molecule has 1 fully saturated rings. The van der Waals surface area contributed by atoms with Crippen LogP contribution in [0.5, 0.6) is 0 Å². The molecule has 1 unspecified atom stereocenters. The third-order valence-corrected chi connectivity index (χ3v) is 4.53. The Morgan fingerprint density at radius 2 is 2.17 bits per heavy atom. The van der Waals surface area contributed by atoms with Gasteiger partial charge in [0, 0.05) is 24.2 Å². The van der Waals surface area contributed by atoms with Gasteiger partial charge in [0.15, 0.2) is 0 Å². The lowest BCUT2D eigenvalue weighted by atomic mass is 10.1. The van der Waals surface area contributed by atoms with Crippen LogP contribution in [0, 0.1) is 5.82 Å². The van der Waals surface area contributed by atoms with Gasteiger partial charge in [-0.05, 0) is 29.5 Å². The van der Waals surface area contributed by atoms with E-state index in [-0.39, 0.29) is 19.0 Å². The molecule has 1 aliphatic rings. The van der Waals surface area contributed by atoms with Crippen LogP contribution in [0.25, 0.3) is 22.6 Å². The highest BCUT2D eigenvalue weighted by Crippen LogP contribution is 2.29. The summed E-state index contributed by atoms with van der Waals surface area (Å²) >= 11 is 0. The normalized spacial score (nSPS) is 15.9. The summed E-state index contributed by atoms with van der Waals surface area (Å²) < 4.78 is 20.0. The molecule has 3 aromatic rings. The predicted molar refractivity (Wildman–Crippen MR) is 104 cm³/mol. The van der Waals surface area contributed by atoms with Crippen LogP contribution in [-0.2, 0) is 16.6 Å². The fraction of sp³-hybridized carbons (Fsp3) is 0.263. The van der Waals surface area contributed by atoms with E-state index in [1.165, 1.54) is 28.9 Å². The Kier molecular flexibility index (Phi) is 5.09. The van der Waals surface area contributed by atoms with Gasteiger partial charge < -0.3 is 10.1 Å². The van der Waals surface area contributed by atoms with Crippen molar-refractivity contribution in [2.24, 2.45) is 7.05 Å². The van der Waals surface area contributed by atoms with Crippen molar-refractivity contribution in [3.05, 3.63) is 42.3 Å². The van der Waals surface area contributed by atoms with Crippen molar-refractivity contribution in [1.82, 2.24) is 30.5 Å². The van der Waals surface area contributed by atoms with E-state index in [1.54, 1.807) is 31.3 Å². The molecular formula is C19H18FN7O3. The van der Waals surface area contributed by atoms with Crippen LogP contribution < -0.4 is 10.2 Å². The largest absolute Gasteiger partial charge is 0.442 e. The van der Waals surface area contributed by atoms with Crippen LogP contribution in [0.15, 0.2) is 36.5 Å². The van der Waals surface area contributed by atoms with Crippen LogP contribution in [0.3, 0.4) is 0 Å². The van der Waals surface area contributed by atoms with Crippen molar-refractivity contribution >= 4 is 17.7 Å². The Hall–Kier alpha value is -3.89. The molecule has 0 saturated carbocycles. The summed E-state index contributed by atoms with van der Waals surface area (Å²) in [6.07, 6.45) is 0.452. The molecule has 4 rings (SSSR count). The summed E-state index contributed by atoms with van der Waals surface area (Å²) in [5, 5.41) is 14.3. The fourth-order valence-corrected chi connectivity index (χ4v) is 3.07.